The molecule has 88 valence electrons. The van der Waals surface area contributed by atoms with Gasteiger partial charge < -0.3 is 4.74 Å². The zero-order valence-corrected chi connectivity index (χ0v) is 9.80. The van der Waals surface area contributed by atoms with E-state index in [1.54, 1.807) is 6.20 Å². The van der Waals surface area contributed by atoms with Crippen LogP contribution in [-0.4, -0.2) is 17.5 Å². The van der Waals surface area contributed by atoms with Crippen molar-refractivity contribution < 1.29 is 9.53 Å². The smallest absolute Gasteiger partial charge is 0.414 e. The van der Waals surface area contributed by atoms with E-state index in [1.165, 1.54) is 10.5 Å². The van der Waals surface area contributed by atoms with E-state index in [9.17, 15) is 4.79 Å². The molecule has 0 N–H and O–H groups in total. The van der Waals surface area contributed by atoms with Crippen LogP contribution in [0.4, 0.5) is 4.79 Å². The van der Waals surface area contributed by atoms with Crippen LogP contribution in [0.5, 0.6) is 0 Å². The molecule has 0 spiro atoms. The van der Waals surface area contributed by atoms with Crippen LogP contribution in [0.2, 0.25) is 0 Å². The predicted octanol–water partition coefficient (Wildman–Crippen LogP) is 3.02. The first-order valence-electron chi connectivity index (χ1n) is 5.58. The molecular weight excluding hydrogens is 214 g/mol. The Balaban J connectivity index is 1.85. The lowest BCUT2D eigenvalue weighted by atomic mass is 10.2. The molecular formula is C14H15NO2. The maximum absolute atomic E-state index is 11.7. The highest BCUT2D eigenvalue weighted by molar-refractivity contribution is 5.69. The monoisotopic (exact) mass is 229 g/mol. The van der Waals surface area contributed by atoms with Crippen molar-refractivity contribution in [3.05, 3.63) is 59.8 Å². The Morgan fingerprint density at radius 3 is 2.71 bits per heavy atom. The molecule has 1 aliphatic heterocycles. The number of carbonyl (C=O) groups excluding carboxylic acids is 1. The Labute approximate surface area is 101 Å². The number of hydrogen-bond donors (Lipinski definition) is 0. The molecule has 2 rings (SSSR count). The summed E-state index contributed by atoms with van der Waals surface area (Å²) in [5.74, 6) is 0. The molecule has 3 nitrogen and oxygen atoms in total. The van der Waals surface area contributed by atoms with E-state index in [0.717, 1.165) is 5.56 Å². The fraction of sp³-hybridized carbons (Fsp3) is 0.214. The molecule has 0 bridgehead atoms. The number of hydrogen-bond acceptors (Lipinski definition) is 2. The van der Waals surface area contributed by atoms with Crippen LogP contribution >= 0.6 is 0 Å². The number of aryl methyl sites for hydroxylation is 1. The van der Waals surface area contributed by atoms with E-state index >= 15 is 0 Å². The fourth-order valence-corrected chi connectivity index (χ4v) is 1.52. The molecule has 1 amide bonds. The second-order valence-corrected chi connectivity index (χ2v) is 3.96. The maximum Gasteiger partial charge on any atom is 0.414 e. The third kappa shape index (κ3) is 3.21. The van der Waals surface area contributed by atoms with Crippen molar-refractivity contribution in [2.45, 2.75) is 13.5 Å². The molecule has 0 aromatic heterocycles. The predicted molar refractivity (Wildman–Crippen MR) is 66.4 cm³/mol. The second kappa shape index (κ2) is 5.34. The molecule has 0 aliphatic carbocycles. The summed E-state index contributed by atoms with van der Waals surface area (Å²) in [6, 6.07) is 7.95. The Kier molecular flexibility index (Phi) is 3.60. The number of carbonyl (C=O) groups is 1. The summed E-state index contributed by atoms with van der Waals surface area (Å²) in [6.07, 6.45) is 7.04. The van der Waals surface area contributed by atoms with E-state index in [2.05, 4.69) is 0 Å². The zero-order chi connectivity index (χ0) is 12.1. The van der Waals surface area contributed by atoms with Crippen LogP contribution in [0.1, 0.15) is 11.1 Å². The van der Waals surface area contributed by atoms with Gasteiger partial charge in [-0.1, -0.05) is 42.0 Å². The topological polar surface area (TPSA) is 29.5 Å². The number of benzene rings is 1. The van der Waals surface area contributed by atoms with E-state index in [-0.39, 0.29) is 6.09 Å². The third-order valence-corrected chi connectivity index (χ3v) is 2.53. The minimum atomic E-state index is -0.314. The third-order valence-electron chi connectivity index (χ3n) is 2.53. The molecule has 1 aromatic carbocycles. The normalized spacial score (nSPS) is 13.8. The van der Waals surface area contributed by atoms with Gasteiger partial charge in [-0.15, -0.1) is 0 Å². The summed E-state index contributed by atoms with van der Waals surface area (Å²) in [4.78, 5) is 13.2. The number of amides is 1. The van der Waals surface area contributed by atoms with Gasteiger partial charge in [-0.2, -0.15) is 0 Å². The largest absolute Gasteiger partial charge is 0.444 e. The summed E-state index contributed by atoms with van der Waals surface area (Å²) in [7, 11) is 0. The van der Waals surface area contributed by atoms with Gasteiger partial charge in [-0.25, -0.2) is 4.79 Å². The van der Waals surface area contributed by atoms with Gasteiger partial charge in [-0.3, -0.25) is 4.90 Å². The highest BCUT2D eigenvalue weighted by atomic mass is 16.6. The number of allylic oxidation sites excluding steroid dienone is 2. The summed E-state index contributed by atoms with van der Waals surface area (Å²) in [5, 5.41) is 0. The van der Waals surface area contributed by atoms with E-state index in [1.807, 2.05) is 49.4 Å². The van der Waals surface area contributed by atoms with Crippen LogP contribution in [0.15, 0.2) is 48.7 Å². The number of rotatable bonds is 2. The number of ether oxygens (including phenoxy) is 1. The van der Waals surface area contributed by atoms with Crippen LogP contribution in [0.25, 0.3) is 0 Å². The fourth-order valence-electron chi connectivity index (χ4n) is 1.52. The SMILES string of the molecule is Cc1ccc(COC(=O)N2C=CC=CC2)cc1. The van der Waals surface area contributed by atoms with Crippen molar-refractivity contribution in [2.24, 2.45) is 0 Å². The van der Waals surface area contributed by atoms with Gasteiger partial charge in [0.15, 0.2) is 0 Å². The Morgan fingerprint density at radius 2 is 2.06 bits per heavy atom. The molecule has 1 aromatic rings. The highest BCUT2D eigenvalue weighted by Crippen LogP contribution is 2.07. The maximum atomic E-state index is 11.7. The molecule has 0 atom stereocenters. The zero-order valence-electron chi connectivity index (χ0n) is 9.80. The Hall–Kier alpha value is -2.03. The van der Waals surface area contributed by atoms with Gasteiger partial charge in [-0.05, 0) is 18.6 Å². The van der Waals surface area contributed by atoms with Crippen LogP contribution in [0.3, 0.4) is 0 Å². The average Bonchev–Trinajstić information content (AvgIpc) is 2.39. The standard InChI is InChI=1S/C14H15NO2/c1-12-5-7-13(8-6-12)11-17-14(16)15-9-3-2-4-10-15/h2-9H,10-11H2,1H3. The van der Waals surface area contributed by atoms with Gasteiger partial charge in [0.05, 0.1) is 0 Å². The van der Waals surface area contributed by atoms with Crippen molar-refractivity contribution in [1.82, 2.24) is 4.90 Å². The molecule has 0 fully saturated rings. The average molecular weight is 229 g/mol. The van der Waals surface area contributed by atoms with E-state index in [0.29, 0.717) is 13.2 Å². The quantitative estimate of drug-likeness (QED) is 0.780. The minimum Gasteiger partial charge on any atom is -0.444 e. The van der Waals surface area contributed by atoms with Crippen molar-refractivity contribution in [2.75, 3.05) is 6.54 Å². The van der Waals surface area contributed by atoms with Crippen molar-refractivity contribution in [1.29, 1.82) is 0 Å². The van der Waals surface area contributed by atoms with Crippen LogP contribution < -0.4 is 0 Å². The molecule has 0 saturated heterocycles. The van der Waals surface area contributed by atoms with Crippen molar-refractivity contribution in [3.63, 3.8) is 0 Å². The van der Waals surface area contributed by atoms with Crippen LogP contribution in [0, 0.1) is 6.92 Å². The van der Waals surface area contributed by atoms with Crippen molar-refractivity contribution in [3.8, 4) is 0 Å². The van der Waals surface area contributed by atoms with Gasteiger partial charge in [0, 0.05) is 12.7 Å². The van der Waals surface area contributed by atoms with Crippen LogP contribution in [-0.2, 0) is 11.3 Å². The Morgan fingerprint density at radius 1 is 1.29 bits per heavy atom. The lowest BCUT2D eigenvalue weighted by Gasteiger charge is -2.17. The highest BCUT2D eigenvalue weighted by Gasteiger charge is 2.11. The summed E-state index contributed by atoms with van der Waals surface area (Å²) in [5.41, 5.74) is 2.20. The van der Waals surface area contributed by atoms with Gasteiger partial charge in [0.1, 0.15) is 6.61 Å². The molecule has 0 saturated carbocycles. The second-order valence-electron chi connectivity index (χ2n) is 3.96. The van der Waals surface area contributed by atoms with Gasteiger partial charge in [0.2, 0.25) is 0 Å². The van der Waals surface area contributed by atoms with E-state index in [4.69, 9.17) is 4.74 Å². The first-order chi connectivity index (χ1) is 8.25. The number of nitrogens with zero attached hydrogens (tertiary/aromatic N) is 1. The first kappa shape index (κ1) is 11.5. The molecule has 17 heavy (non-hydrogen) atoms. The molecule has 1 aliphatic rings. The molecule has 1 heterocycles. The first-order valence-corrected chi connectivity index (χ1v) is 5.58. The summed E-state index contributed by atoms with van der Waals surface area (Å²) >= 11 is 0. The summed E-state index contributed by atoms with van der Waals surface area (Å²) in [6.45, 7) is 2.91. The Bertz CT molecular complexity index is 446. The minimum absolute atomic E-state index is 0.313. The van der Waals surface area contributed by atoms with E-state index < -0.39 is 0 Å². The lowest BCUT2D eigenvalue weighted by Crippen LogP contribution is -2.27. The molecule has 0 unspecified atom stereocenters. The summed E-state index contributed by atoms with van der Waals surface area (Å²) < 4.78 is 5.21. The molecule has 0 radical (unpaired) electrons. The lowest BCUT2D eigenvalue weighted by molar-refractivity contribution is 0.113. The van der Waals surface area contributed by atoms with Gasteiger partial charge >= 0.3 is 6.09 Å². The molecule has 3 heteroatoms. The van der Waals surface area contributed by atoms with Crippen molar-refractivity contribution >= 4 is 6.09 Å². The van der Waals surface area contributed by atoms with Gasteiger partial charge in [0.25, 0.3) is 0 Å².